The van der Waals surface area contributed by atoms with Crippen LogP contribution in [-0.4, -0.2) is 14.9 Å². The molecule has 0 aliphatic heterocycles. The molecular formula is C12H11F3N2OS. The average molecular weight is 288 g/mol. The molecule has 3 nitrogen and oxygen atoms in total. The van der Waals surface area contributed by atoms with E-state index in [0.29, 0.717) is 5.03 Å². The molecule has 0 atom stereocenters. The van der Waals surface area contributed by atoms with Crippen LogP contribution in [0.15, 0.2) is 40.3 Å². The number of benzene rings is 1. The minimum absolute atomic E-state index is 0.191. The predicted octanol–water partition coefficient (Wildman–Crippen LogP) is 3.08. The van der Waals surface area contributed by atoms with Gasteiger partial charge in [0, 0.05) is 17.5 Å². The molecule has 0 spiro atoms. The van der Waals surface area contributed by atoms with E-state index in [1.54, 1.807) is 24.3 Å². The largest absolute Gasteiger partial charge is 0.435 e. The normalized spacial score (nSPS) is 11.8. The van der Waals surface area contributed by atoms with Gasteiger partial charge in [-0.25, -0.2) is 0 Å². The highest BCUT2D eigenvalue weighted by Gasteiger charge is 2.38. The van der Waals surface area contributed by atoms with E-state index in [0.717, 1.165) is 21.3 Å². The van der Waals surface area contributed by atoms with E-state index >= 15 is 0 Å². The lowest BCUT2D eigenvalue weighted by atomic mass is 10.2. The molecule has 2 aromatic rings. The minimum Gasteiger partial charge on any atom is -0.391 e. The van der Waals surface area contributed by atoms with Crippen molar-refractivity contribution in [3.8, 4) is 0 Å². The van der Waals surface area contributed by atoms with E-state index in [-0.39, 0.29) is 5.56 Å². The van der Waals surface area contributed by atoms with Crippen LogP contribution in [0.5, 0.6) is 0 Å². The molecule has 7 heteroatoms. The third-order valence-electron chi connectivity index (χ3n) is 2.47. The standard InChI is InChI=1S/C12H11F3N2OS/c1-17-11(19-8-5-3-2-4-6-8)9(7-18)10(16-17)12(13,14)15/h2-6,18H,7H2,1H3. The average Bonchev–Trinajstić information content (AvgIpc) is 2.68. The van der Waals surface area contributed by atoms with Gasteiger partial charge in [-0.15, -0.1) is 0 Å². The highest BCUT2D eigenvalue weighted by Crippen LogP contribution is 2.38. The number of halogens is 3. The number of hydrogen-bond donors (Lipinski definition) is 1. The summed E-state index contributed by atoms with van der Waals surface area (Å²) in [4.78, 5) is 0.786. The van der Waals surface area contributed by atoms with Crippen molar-refractivity contribution in [1.82, 2.24) is 9.78 Å². The van der Waals surface area contributed by atoms with E-state index in [9.17, 15) is 18.3 Å². The quantitative estimate of drug-likeness (QED) is 0.943. The van der Waals surface area contributed by atoms with Crippen molar-refractivity contribution in [2.24, 2.45) is 7.05 Å². The fraction of sp³-hybridized carbons (Fsp3) is 0.250. The maximum atomic E-state index is 12.8. The summed E-state index contributed by atoms with van der Waals surface area (Å²) in [5, 5.41) is 12.9. The predicted molar refractivity (Wildman–Crippen MR) is 64.7 cm³/mol. The topological polar surface area (TPSA) is 38.0 Å². The maximum absolute atomic E-state index is 12.8. The van der Waals surface area contributed by atoms with E-state index in [1.165, 1.54) is 7.05 Å². The van der Waals surface area contributed by atoms with E-state index in [4.69, 9.17) is 0 Å². The number of alkyl halides is 3. The number of nitrogens with zero attached hydrogens (tertiary/aromatic N) is 2. The summed E-state index contributed by atoms with van der Waals surface area (Å²) >= 11 is 1.14. The lowest BCUT2D eigenvalue weighted by Crippen LogP contribution is -2.09. The zero-order valence-electron chi connectivity index (χ0n) is 9.98. The second kappa shape index (κ2) is 5.26. The van der Waals surface area contributed by atoms with Gasteiger partial charge >= 0.3 is 6.18 Å². The van der Waals surface area contributed by atoms with Crippen molar-refractivity contribution in [1.29, 1.82) is 0 Å². The SMILES string of the molecule is Cn1nc(C(F)(F)F)c(CO)c1Sc1ccccc1. The number of aromatic nitrogens is 2. The van der Waals surface area contributed by atoms with Crippen molar-refractivity contribution in [2.45, 2.75) is 22.7 Å². The van der Waals surface area contributed by atoms with Crippen molar-refractivity contribution in [3.63, 3.8) is 0 Å². The molecule has 0 bridgehead atoms. The molecule has 0 saturated carbocycles. The number of hydrogen-bond acceptors (Lipinski definition) is 3. The lowest BCUT2D eigenvalue weighted by molar-refractivity contribution is -0.142. The second-order valence-corrected chi connectivity index (χ2v) is 4.89. The van der Waals surface area contributed by atoms with E-state index in [2.05, 4.69) is 5.10 Å². The van der Waals surface area contributed by atoms with Gasteiger partial charge in [-0.1, -0.05) is 30.0 Å². The Hall–Kier alpha value is -1.47. The molecule has 1 aromatic heterocycles. The number of aliphatic hydroxyl groups excluding tert-OH is 1. The first-order valence-corrected chi connectivity index (χ1v) is 6.22. The summed E-state index contributed by atoms with van der Waals surface area (Å²) < 4.78 is 39.5. The molecule has 0 aliphatic rings. The van der Waals surface area contributed by atoms with Gasteiger partial charge in [0.05, 0.1) is 6.61 Å². The van der Waals surface area contributed by atoms with E-state index < -0.39 is 18.5 Å². The van der Waals surface area contributed by atoms with Crippen molar-refractivity contribution >= 4 is 11.8 Å². The smallest absolute Gasteiger partial charge is 0.391 e. The first-order chi connectivity index (χ1) is 8.93. The van der Waals surface area contributed by atoms with Crippen LogP contribution in [-0.2, 0) is 19.8 Å². The van der Waals surface area contributed by atoms with Crippen LogP contribution in [0.4, 0.5) is 13.2 Å². The fourth-order valence-corrected chi connectivity index (χ4v) is 2.62. The van der Waals surface area contributed by atoms with Gasteiger partial charge in [-0.3, -0.25) is 4.68 Å². The van der Waals surface area contributed by atoms with Gasteiger partial charge in [0.25, 0.3) is 0 Å². The van der Waals surface area contributed by atoms with Gasteiger partial charge in [0.15, 0.2) is 5.69 Å². The molecule has 2 rings (SSSR count). The highest BCUT2D eigenvalue weighted by atomic mass is 32.2. The molecule has 1 N–H and O–H groups in total. The van der Waals surface area contributed by atoms with Gasteiger partial charge in [0.1, 0.15) is 5.03 Å². The van der Waals surface area contributed by atoms with Gasteiger partial charge in [-0.05, 0) is 12.1 Å². The molecule has 0 fully saturated rings. The van der Waals surface area contributed by atoms with Gasteiger partial charge < -0.3 is 5.11 Å². The van der Waals surface area contributed by atoms with Crippen LogP contribution in [0.3, 0.4) is 0 Å². The van der Waals surface area contributed by atoms with Crippen molar-refractivity contribution < 1.29 is 18.3 Å². The number of aryl methyl sites for hydroxylation is 1. The number of aliphatic hydroxyl groups is 1. The zero-order valence-corrected chi connectivity index (χ0v) is 10.8. The van der Waals surface area contributed by atoms with Crippen LogP contribution in [0.2, 0.25) is 0 Å². The summed E-state index contributed by atoms with van der Waals surface area (Å²) in [6.07, 6.45) is -4.56. The Kier molecular flexibility index (Phi) is 3.86. The Morgan fingerprint density at radius 2 is 1.89 bits per heavy atom. The summed E-state index contributed by atoms with van der Waals surface area (Å²) in [5.41, 5.74) is -1.22. The zero-order chi connectivity index (χ0) is 14.0. The fourth-order valence-electron chi connectivity index (χ4n) is 1.65. The van der Waals surface area contributed by atoms with Crippen LogP contribution in [0.25, 0.3) is 0 Å². The summed E-state index contributed by atoms with van der Waals surface area (Å²) in [6, 6.07) is 8.98. The molecule has 0 saturated heterocycles. The van der Waals surface area contributed by atoms with E-state index in [1.807, 2.05) is 6.07 Å². The Morgan fingerprint density at radius 1 is 1.26 bits per heavy atom. The minimum atomic E-state index is -4.56. The summed E-state index contributed by atoms with van der Waals surface area (Å²) in [5.74, 6) is 0. The van der Waals surface area contributed by atoms with Crippen LogP contribution in [0, 0.1) is 0 Å². The van der Waals surface area contributed by atoms with Gasteiger partial charge in [0.2, 0.25) is 0 Å². The molecule has 19 heavy (non-hydrogen) atoms. The molecule has 0 radical (unpaired) electrons. The third-order valence-corrected chi connectivity index (χ3v) is 3.68. The Bertz CT molecular complexity index is 566. The molecular weight excluding hydrogens is 277 g/mol. The molecule has 102 valence electrons. The summed E-state index contributed by atoms with van der Waals surface area (Å²) in [7, 11) is 1.43. The molecule has 1 heterocycles. The van der Waals surface area contributed by atoms with Crippen LogP contribution >= 0.6 is 11.8 Å². The lowest BCUT2D eigenvalue weighted by Gasteiger charge is -2.06. The number of rotatable bonds is 3. The molecule has 0 unspecified atom stereocenters. The van der Waals surface area contributed by atoms with Crippen LogP contribution < -0.4 is 0 Å². The maximum Gasteiger partial charge on any atom is 0.435 e. The molecule has 0 aliphatic carbocycles. The third kappa shape index (κ3) is 2.93. The Balaban J connectivity index is 2.43. The van der Waals surface area contributed by atoms with Crippen LogP contribution in [0.1, 0.15) is 11.3 Å². The monoisotopic (exact) mass is 288 g/mol. The second-order valence-electron chi connectivity index (χ2n) is 3.83. The molecule has 1 aromatic carbocycles. The Morgan fingerprint density at radius 3 is 2.42 bits per heavy atom. The van der Waals surface area contributed by atoms with Gasteiger partial charge in [-0.2, -0.15) is 18.3 Å². The first-order valence-electron chi connectivity index (χ1n) is 5.40. The van der Waals surface area contributed by atoms with Crippen molar-refractivity contribution in [2.75, 3.05) is 0 Å². The van der Waals surface area contributed by atoms with Crippen molar-refractivity contribution in [3.05, 3.63) is 41.6 Å². The first kappa shape index (κ1) is 14.0. The Labute approximate surface area is 112 Å². The highest BCUT2D eigenvalue weighted by molar-refractivity contribution is 7.99. The summed E-state index contributed by atoms with van der Waals surface area (Å²) in [6.45, 7) is -0.697. The molecule has 0 amide bonds.